The first-order valence-electron chi connectivity index (χ1n) is 11.3. The molecular weight excluding hydrogens is 427 g/mol. The maximum absolute atomic E-state index is 13.7. The Labute approximate surface area is 198 Å². The van der Waals surface area contributed by atoms with Crippen LogP contribution in [0.3, 0.4) is 0 Å². The van der Waals surface area contributed by atoms with Crippen molar-refractivity contribution in [2.75, 3.05) is 0 Å². The van der Waals surface area contributed by atoms with Gasteiger partial charge in [-0.3, -0.25) is 9.59 Å². The summed E-state index contributed by atoms with van der Waals surface area (Å²) in [5.41, 5.74) is 6.33. The number of ketones is 1. The maximum Gasteiger partial charge on any atom is 0.223 e. The average molecular weight is 461 g/mol. The van der Waals surface area contributed by atoms with Crippen molar-refractivity contribution in [3.05, 3.63) is 98.6 Å². The Morgan fingerprint density at radius 2 is 1.24 bits per heavy atom. The number of rotatable bonds is 5. The highest BCUT2D eigenvalue weighted by atomic mass is 31.1. The number of hydrogen-bond donors (Lipinski definition) is 0. The van der Waals surface area contributed by atoms with E-state index in [-0.39, 0.29) is 16.7 Å². The Balaban J connectivity index is 2.12. The number of aryl methyl sites for hydroxylation is 4. The molecule has 0 bridgehead atoms. The van der Waals surface area contributed by atoms with Crippen LogP contribution in [0.4, 0.5) is 0 Å². The quantitative estimate of drug-likeness (QED) is 0.311. The zero-order valence-corrected chi connectivity index (χ0v) is 21.8. The van der Waals surface area contributed by atoms with E-state index in [4.69, 9.17) is 0 Å². The average Bonchev–Trinajstić information content (AvgIpc) is 2.72. The van der Waals surface area contributed by atoms with Crippen LogP contribution in [-0.4, -0.2) is 11.3 Å². The molecule has 3 nitrogen and oxygen atoms in total. The molecule has 0 heterocycles. The molecule has 1 unspecified atom stereocenters. The van der Waals surface area contributed by atoms with Crippen LogP contribution < -0.4 is 5.30 Å². The molecule has 0 radical (unpaired) electrons. The fourth-order valence-corrected chi connectivity index (χ4v) is 6.34. The second-order valence-electron chi connectivity index (χ2n) is 9.97. The smallest absolute Gasteiger partial charge is 0.223 e. The lowest BCUT2D eigenvalue weighted by atomic mass is 9.84. The van der Waals surface area contributed by atoms with Gasteiger partial charge < -0.3 is 4.57 Å². The Bertz CT molecular complexity index is 1260. The van der Waals surface area contributed by atoms with Crippen molar-refractivity contribution in [1.29, 1.82) is 0 Å². The van der Waals surface area contributed by atoms with E-state index in [1.54, 1.807) is 12.1 Å². The van der Waals surface area contributed by atoms with Crippen LogP contribution in [0.5, 0.6) is 0 Å². The molecule has 0 fully saturated rings. The molecule has 172 valence electrons. The van der Waals surface area contributed by atoms with E-state index in [9.17, 15) is 14.2 Å². The second-order valence-corrected chi connectivity index (χ2v) is 11.6. The normalized spacial score (nSPS) is 12.5. The van der Waals surface area contributed by atoms with Gasteiger partial charge in [0.2, 0.25) is 5.52 Å². The molecule has 0 amide bonds. The lowest BCUT2D eigenvalue weighted by Crippen LogP contribution is -2.19. The zero-order chi connectivity index (χ0) is 24.7. The molecule has 1 atom stereocenters. The van der Waals surface area contributed by atoms with Gasteiger partial charge in [-0.25, -0.2) is 0 Å². The first-order valence-corrected chi connectivity index (χ1v) is 12.7. The van der Waals surface area contributed by atoms with Gasteiger partial charge in [0.05, 0.1) is 0 Å². The minimum absolute atomic E-state index is 0.0425. The number of benzene rings is 3. The third-order valence-corrected chi connectivity index (χ3v) is 8.18. The van der Waals surface area contributed by atoms with E-state index in [0.717, 1.165) is 27.8 Å². The minimum atomic E-state index is -2.84. The summed E-state index contributed by atoms with van der Waals surface area (Å²) in [6.07, 6.45) is 0. The molecule has 33 heavy (non-hydrogen) atoms. The molecule has 0 saturated heterocycles. The molecule has 3 aromatic rings. The van der Waals surface area contributed by atoms with Crippen molar-refractivity contribution in [2.24, 2.45) is 0 Å². The molecule has 0 aromatic heterocycles. The van der Waals surface area contributed by atoms with Gasteiger partial charge in [0.15, 0.2) is 13.6 Å². The van der Waals surface area contributed by atoms with Crippen molar-refractivity contribution in [1.82, 2.24) is 0 Å². The number of carbonyl (C=O) groups is 2. The molecule has 0 aliphatic rings. The first kappa shape index (κ1) is 24.9. The van der Waals surface area contributed by atoms with E-state index in [2.05, 4.69) is 20.8 Å². The van der Waals surface area contributed by atoms with Crippen LogP contribution in [0.15, 0.2) is 48.5 Å². The Morgan fingerprint density at radius 3 is 1.76 bits per heavy atom. The molecule has 0 aliphatic heterocycles. The largest absolute Gasteiger partial charge is 0.313 e. The first-order chi connectivity index (χ1) is 15.3. The van der Waals surface area contributed by atoms with E-state index in [1.807, 2.05) is 71.0 Å². The summed E-state index contributed by atoms with van der Waals surface area (Å²) in [5, 5.41) is 0.508. The molecule has 4 heteroatoms. The summed E-state index contributed by atoms with van der Waals surface area (Å²) < 4.78 is 13.7. The predicted octanol–water partition coefficient (Wildman–Crippen LogP) is 6.78. The van der Waals surface area contributed by atoms with Crippen LogP contribution in [0, 0.1) is 34.6 Å². The Morgan fingerprint density at radius 1 is 0.727 bits per heavy atom. The minimum Gasteiger partial charge on any atom is -0.313 e. The van der Waals surface area contributed by atoms with Gasteiger partial charge in [0.1, 0.15) is 0 Å². The number of carbonyl (C=O) groups excluding carboxylic acids is 2. The van der Waals surface area contributed by atoms with Gasteiger partial charge in [0, 0.05) is 22.0 Å². The van der Waals surface area contributed by atoms with E-state index < -0.39 is 7.80 Å². The van der Waals surface area contributed by atoms with Crippen LogP contribution in [-0.2, 0) is 9.98 Å². The summed E-state index contributed by atoms with van der Waals surface area (Å²) in [4.78, 5) is 26.8. The van der Waals surface area contributed by atoms with Crippen molar-refractivity contribution in [3.63, 3.8) is 0 Å². The van der Waals surface area contributed by atoms with Crippen molar-refractivity contribution in [3.8, 4) is 0 Å². The van der Waals surface area contributed by atoms with E-state index in [0.29, 0.717) is 27.6 Å². The van der Waals surface area contributed by atoms with Crippen LogP contribution >= 0.6 is 7.80 Å². The predicted molar refractivity (Wildman–Crippen MR) is 138 cm³/mol. The van der Waals surface area contributed by atoms with Gasteiger partial charge in [-0.1, -0.05) is 69.3 Å². The van der Waals surface area contributed by atoms with Gasteiger partial charge in [0.25, 0.3) is 0 Å². The summed E-state index contributed by atoms with van der Waals surface area (Å²) >= 11 is 0. The van der Waals surface area contributed by atoms with Gasteiger partial charge in [-0.15, -0.1) is 0 Å². The van der Waals surface area contributed by atoms with Crippen molar-refractivity contribution >= 4 is 24.4 Å². The fraction of sp³-hybridized carbons (Fsp3) is 0.310. The Hall–Kier alpha value is -2.77. The molecule has 0 N–H and O–H groups in total. The molecular formula is C29H33O3P. The van der Waals surface area contributed by atoms with Crippen LogP contribution in [0.1, 0.15) is 80.4 Å². The maximum atomic E-state index is 13.7. The SMILES string of the molecule is Cc1cc(C(C)(C)C)cc(C)c1C(=O)[PH](=O)c1c(C)cc(C)c(C(=O)c2ccccc2)c1C. The summed E-state index contributed by atoms with van der Waals surface area (Å²) in [6.45, 7) is 15.8. The molecule has 0 saturated carbocycles. The monoisotopic (exact) mass is 460 g/mol. The Kier molecular flexibility index (Phi) is 6.96. The summed E-state index contributed by atoms with van der Waals surface area (Å²) in [6, 6.07) is 15.0. The topological polar surface area (TPSA) is 51.2 Å². The van der Waals surface area contributed by atoms with Crippen molar-refractivity contribution in [2.45, 2.75) is 60.8 Å². The summed E-state index contributed by atoms with van der Waals surface area (Å²) in [7, 11) is -2.84. The summed E-state index contributed by atoms with van der Waals surface area (Å²) in [5.74, 6) is -0.115. The van der Waals surface area contributed by atoms with Gasteiger partial charge in [-0.2, -0.15) is 0 Å². The second kappa shape index (κ2) is 9.23. The molecule has 3 aromatic carbocycles. The van der Waals surface area contributed by atoms with Crippen LogP contribution in [0.2, 0.25) is 0 Å². The highest BCUT2D eigenvalue weighted by Crippen LogP contribution is 2.36. The highest BCUT2D eigenvalue weighted by molar-refractivity contribution is 7.71. The molecule has 3 rings (SSSR count). The lowest BCUT2D eigenvalue weighted by Gasteiger charge is -2.22. The standard InChI is InChI=1S/C29H33O3P/c1-17-14-20(4)27(21(5)25(17)26(30)22-12-10-9-11-13-22)33(32)28(31)24-18(2)15-23(16-19(24)3)29(6,7)8/h9-16,33H,1-8H3. The van der Waals surface area contributed by atoms with Gasteiger partial charge in [-0.05, 0) is 73.4 Å². The van der Waals surface area contributed by atoms with Crippen molar-refractivity contribution < 1.29 is 14.2 Å². The number of hydrogen-bond acceptors (Lipinski definition) is 3. The highest BCUT2D eigenvalue weighted by Gasteiger charge is 2.27. The lowest BCUT2D eigenvalue weighted by molar-refractivity contribution is 0.103. The fourth-order valence-electron chi connectivity index (χ4n) is 4.60. The molecule has 0 spiro atoms. The zero-order valence-electron chi connectivity index (χ0n) is 20.8. The third-order valence-electron chi connectivity index (χ3n) is 6.29. The third kappa shape index (κ3) is 4.80. The van der Waals surface area contributed by atoms with Crippen LogP contribution in [0.25, 0.3) is 0 Å². The van der Waals surface area contributed by atoms with E-state index >= 15 is 0 Å². The van der Waals surface area contributed by atoms with Gasteiger partial charge >= 0.3 is 0 Å². The van der Waals surface area contributed by atoms with E-state index in [1.165, 1.54) is 0 Å². The molecule has 0 aliphatic carbocycles.